The molecule has 0 amide bonds. The van der Waals surface area contributed by atoms with Crippen molar-refractivity contribution in [2.24, 2.45) is 0 Å². The monoisotopic (exact) mass is 322 g/mol. The van der Waals surface area contributed by atoms with Crippen LogP contribution in [0.1, 0.15) is 15.9 Å². The molecule has 0 aromatic heterocycles. The van der Waals surface area contributed by atoms with Gasteiger partial charge in [0.2, 0.25) is 0 Å². The van der Waals surface area contributed by atoms with Crippen LogP contribution in [-0.2, 0) is 0 Å². The number of halogens is 1. The number of phenolic OH excluding ortho intramolecular Hbond substituents is 1. The fourth-order valence-electron chi connectivity index (χ4n) is 1.99. The molecule has 2 aromatic carbocycles. The summed E-state index contributed by atoms with van der Waals surface area (Å²) in [5, 5.41) is 19.2. The molecule has 0 saturated heterocycles. The van der Waals surface area contributed by atoms with Gasteiger partial charge in [0.15, 0.2) is 0 Å². The Morgan fingerprint density at radius 2 is 1.77 bits per heavy atom. The molecule has 2 N–H and O–H groups in total. The van der Waals surface area contributed by atoms with E-state index in [1.165, 1.54) is 12.1 Å². The Kier molecular flexibility index (Phi) is 5.12. The van der Waals surface area contributed by atoms with Crippen LogP contribution in [-0.4, -0.2) is 29.4 Å². The summed E-state index contributed by atoms with van der Waals surface area (Å²) in [7, 11) is 0. The molecule has 0 heterocycles. The van der Waals surface area contributed by atoms with Crippen molar-refractivity contribution in [3.63, 3.8) is 0 Å². The van der Waals surface area contributed by atoms with E-state index in [9.17, 15) is 15.0 Å². The lowest BCUT2D eigenvalue weighted by Crippen LogP contribution is -2.12. The van der Waals surface area contributed by atoms with Crippen LogP contribution in [0.5, 0.6) is 17.2 Å². The first-order chi connectivity index (χ1) is 10.5. The van der Waals surface area contributed by atoms with Gasteiger partial charge in [-0.2, -0.15) is 0 Å². The maximum atomic E-state index is 11.2. The molecule has 0 fully saturated rings. The Balaban J connectivity index is 2.00. The van der Waals surface area contributed by atoms with Crippen molar-refractivity contribution < 1.29 is 24.5 Å². The number of ether oxygens (including phenoxy) is 2. The topological polar surface area (TPSA) is 76.0 Å². The summed E-state index contributed by atoms with van der Waals surface area (Å²) in [6.45, 7) is 1.90. The molecular weight excluding hydrogens is 308 g/mol. The summed E-state index contributed by atoms with van der Waals surface area (Å²) >= 11 is 5.95. The van der Waals surface area contributed by atoms with Crippen molar-refractivity contribution in [2.75, 3.05) is 13.2 Å². The van der Waals surface area contributed by atoms with Gasteiger partial charge in [-0.3, -0.25) is 0 Å². The van der Waals surface area contributed by atoms with E-state index in [0.717, 1.165) is 0 Å². The highest BCUT2D eigenvalue weighted by Crippen LogP contribution is 2.28. The van der Waals surface area contributed by atoms with E-state index in [0.29, 0.717) is 16.3 Å². The maximum absolute atomic E-state index is 11.2. The summed E-state index contributed by atoms with van der Waals surface area (Å²) in [5.74, 6) is -0.532. The second-order valence-corrected chi connectivity index (χ2v) is 4.98. The third-order valence-electron chi connectivity index (χ3n) is 2.93. The van der Waals surface area contributed by atoms with E-state index in [-0.39, 0.29) is 30.3 Å². The number of aryl methyl sites for hydroxylation is 1. The van der Waals surface area contributed by atoms with Gasteiger partial charge in [0, 0.05) is 6.07 Å². The Morgan fingerprint density at radius 1 is 1.14 bits per heavy atom. The van der Waals surface area contributed by atoms with Gasteiger partial charge in [-0.1, -0.05) is 23.7 Å². The summed E-state index contributed by atoms with van der Waals surface area (Å²) in [5.41, 5.74) is 0.449. The minimum atomic E-state index is -1.11. The van der Waals surface area contributed by atoms with Crippen LogP contribution in [0.25, 0.3) is 0 Å². The molecule has 0 saturated carbocycles. The lowest BCUT2D eigenvalue weighted by atomic mass is 10.1. The number of para-hydroxylation sites is 1. The second kappa shape index (κ2) is 7.04. The Bertz CT molecular complexity index is 684. The lowest BCUT2D eigenvalue weighted by molar-refractivity contribution is 0.0690. The quantitative estimate of drug-likeness (QED) is 0.796. The van der Waals surface area contributed by atoms with Crippen molar-refractivity contribution in [1.29, 1.82) is 0 Å². The summed E-state index contributed by atoms with van der Waals surface area (Å²) < 4.78 is 10.9. The zero-order valence-corrected chi connectivity index (χ0v) is 12.6. The number of carbonyl (C=O) groups is 1. The van der Waals surface area contributed by atoms with Crippen molar-refractivity contribution >= 4 is 17.6 Å². The van der Waals surface area contributed by atoms with Crippen LogP contribution in [0.2, 0.25) is 5.02 Å². The number of rotatable bonds is 6. The summed E-state index contributed by atoms with van der Waals surface area (Å²) in [4.78, 5) is 11.2. The Hall–Kier alpha value is -2.40. The first kappa shape index (κ1) is 16.0. The molecule has 5 nitrogen and oxygen atoms in total. The fourth-order valence-corrected chi connectivity index (χ4v) is 2.18. The minimum absolute atomic E-state index is 0.0237. The number of hydrogen-bond donors (Lipinski definition) is 2. The molecule has 6 heteroatoms. The van der Waals surface area contributed by atoms with Gasteiger partial charge in [-0.05, 0) is 30.7 Å². The number of benzene rings is 2. The molecule has 0 atom stereocenters. The van der Waals surface area contributed by atoms with Gasteiger partial charge in [0.1, 0.15) is 36.0 Å². The van der Waals surface area contributed by atoms with Crippen molar-refractivity contribution in [2.45, 2.75) is 6.92 Å². The van der Waals surface area contributed by atoms with Crippen LogP contribution in [0.15, 0.2) is 36.4 Å². The van der Waals surface area contributed by atoms with E-state index in [1.54, 1.807) is 31.2 Å². The molecule has 0 aliphatic carbocycles. The first-order valence-corrected chi connectivity index (χ1v) is 6.94. The van der Waals surface area contributed by atoms with E-state index >= 15 is 0 Å². The van der Waals surface area contributed by atoms with Crippen molar-refractivity contribution in [3.8, 4) is 17.2 Å². The number of carboxylic acid groups (broad SMARTS) is 1. The second-order valence-electron chi connectivity index (χ2n) is 4.57. The Morgan fingerprint density at radius 3 is 2.41 bits per heavy atom. The summed E-state index contributed by atoms with van der Waals surface area (Å²) in [6.07, 6.45) is 0. The molecule has 0 aliphatic rings. The van der Waals surface area contributed by atoms with Crippen molar-refractivity contribution in [3.05, 3.63) is 52.5 Å². The molecule has 116 valence electrons. The molecule has 0 bridgehead atoms. The third kappa shape index (κ3) is 3.83. The van der Waals surface area contributed by atoms with Gasteiger partial charge in [0.05, 0.1) is 5.02 Å². The molecule has 0 aliphatic heterocycles. The molecule has 0 radical (unpaired) electrons. The SMILES string of the molecule is Cc1cc(O)cc(OCCOc2ccccc2Cl)c1C(=O)O. The number of hydrogen-bond acceptors (Lipinski definition) is 4. The zero-order valence-electron chi connectivity index (χ0n) is 11.9. The molecule has 0 spiro atoms. The van der Waals surface area contributed by atoms with Crippen LogP contribution >= 0.6 is 11.6 Å². The van der Waals surface area contributed by atoms with E-state index in [4.69, 9.17) is 21.1 Å². The highest BCUT2D eigenvalue weighted by molar-refractivity contribution is 6.32. The number of aromatic carboxylic acids is 1. The standard InChI is InChI=1S/C16H15ClO5/c1-10-8-11(18)9-14(15(10)16(19)20)22-7-6-21-13-5-3-2-4-12(13)17/h2-5,8-9,18H,6-7H2,1H3,(H,19,20). The zero-order chi connectivity index (χ0) is 16.1. The average molecular weight is 323 g/mol. The lowest BCUT2D eigenvalue weighted by Gasteiger charge is -2.13. The fraction of sp³-hybridized carbons (Fsp3) is 0.188. The third-order valence-corrected chi connectivity index (χ3v) is 3.25. The highest BCUT2D eigenvalue weighted by atomic mass is 35.5. The molecule has 2 aromatic rings. The molecule has 22 heavy (non-hydrogen) atoms. The predicted octanol–water partition coefficient (Wildman–Crippen LogP) is 3.51. The molecular formula is C16H15ClO5. The van der Waals surface area contributed by atoms with Crippen molar-refractivity contribution in [1.82, 2.24) is 0 Å². The average Bonchev–Trinajstić information content (AvgIpc) is 2.44. The number of phenols is 1. The van der Waals surface area contributed by atoms with Gasteiger partial charge < -0.3 is 19.7 Å². The largest absolute Gasteiger partial charge is 0.508 e. The molecule has 0 unspecified atom stereocenters. The van der Waals surface area contributed by atoms with Gasteiger partial charge in [0.25, 0.3) is 0 Å². The normalized spacial score (nSPS) is 10.3. The Labute approximate surface area is 132 Å². The first-order valence-electron chi connectivity index (χ1n) is 6.56. The van der Waals surface area contributed by atoms with E-state index in [2.05, 4.69) is 0 Å². The predicted molar refractivity (Wildman–Crippen MR) is 82.2 cm³/mol. The van der Waals surface area contributed by atoms with Gasteiger partial charge in [-0.15, -0.1) is 0 Å². The number of carboxylic acids is 1. The van der Waals surface area contributed by atoms with E-state index < -0.39 is 5.97 Å². The van der Waals surface area contributed by atoms with Gasteiger partial charge in [-0.25, -0.2) is 4.79 Å². The number of aromatic hydroxyl groups is 1. The maximum Gasteiger partial charge on any atom is 0.339 e. The van der Waals surface area contributed by atoms with Crippen LogP contribution in [0, 0.1) is 6.92 Å². The highest BCUT2D eigenvalue weighted by Gasteiger charge is 2.16. The van der Waals surface area contributed by atoms with Gasteiger partial charge >= 0.3 is 5.97 Å². The van der Waals surface area contributed by atoms with Crippen LogP contribution in [0.3, 0.4) is 0 Å². The minimum Gasteiger partial charge on any atom is -0.508 e. The smallest absolute Gasteiger partial charge is 0.339 e. The van der Waals surface area contributed by atoms with Crippen LogP contribution in [0.4, 0.5) is 0 Å². The van der Waals surface area contributed by atoms with Crippen LogP contribution < -0.4 is 9.47 Å². The van der Waals surface area contributed by atoms with E-state index in [1.807, 2.05) is 0 Å². The molecule has 2 rings (SSSR count). The summed E-state index contributed by atoms with van der Waals surface area (Å²) in [6, 6.07) is 9.66.